The number of pyridine rings is 1. The molecule has 6 nitrogen and oxygen atoms in total. The first-order valence-corrected chi connectivity index (χ1v) is 21.8. The Morgan fingerprint density at radius 2 is 1.16 bits per heavy atom. The van der Waals surface area contributed by atoms with Crippen molar-refractivity contribution in [3.63, 3.8) is 0 Å². The van der Waals surface area contributed by atoms with Crippen molar-refractivity contribution in [1.82, 2.24) is 19.2 Å². The Hall–Kier alpha value is -5.32. The van der Waals surface area contributed by atoms with Crippen molar-refractivity contribution in [3.8, 4) is 28.7 Å². The Labute approximate surface area is 389 Å². The quantitative estimate of drug-likeness (QED) is 0.118. The maximum atomic E-state index is 6.70. The van der Waals surface area contributed by atoms with E-state index < -0.39 is 5.41 Å². The molecule has 0 radical (unpaired) electrons. The number of fused-ring (bicyclic) bond motifs is 3. The molecule has 8 rings (SSSR count). The summed E-state index contributed by atoms with van der Waals surface area (Å²) in [7, 11) is 0. The second kappa shape index (κ2) is 16.3. The monoisotopic (exact) mass is 1010 g/mol. The van der Waals surface area contributed by atoms with Crippen molar-refractivity contribution in [2.24, 2.45) is 0 Å². The van der Waals surface area contributed by atoms with Gasteiger partial charge < -0.3 is 13.9 Å². The summed E-state index contributed by atoms with van der Waals surface area (Å²) in [5.41, 5.74) is 9.21. The fourth-order valence-corrected chi connectivity index (χ4v) is 8.02. The SMILES string of the molecule is CC(C)(C)c1cc(-[n+]2[c-]n(-c3[c-]c(Oc4[c-]c5c(cc4)c4cc(C(C)(C)C)ccc4n5-c4cc(C(C)(C)C)ccn4)ccc3)c(C(C)(C)c3ccccc3)n2)cc(C(C)(C)C)c1.[Pt]. The summed E-state index contributed by atoms with van der Waals surface area (Å²) in [5.74, 6) is 2.82. The van der Waals surface area contributed by atoms with Gasteiger partial charge in [0.25, 0.3) is 6.33 Å². The third kappa shape index (κ3) is 9.07. The van der Waals surface area contributed by atoms with Gasteiger partial charge in [-0.05, 0) is 73.1 Å². The van der Waals surface area contributed by atoms with Crippen LogP contribution in [0.25, 0.3) is 39.0 Å². The molecule has 0 unspecified atom stereocenters. The van der Waals surface area contributed by atoms with Crippen molar-refractivity contribution in [1.29, 1.82) is 0 Å². The summed E-state index contributed by atoms with van der Waals surface area (Å²) in [4.78, 5) is 4.91. The molecule has 0 amide bonds. The standard InChI is InChI=1S/C56H61N5O.Pt/c1-52(2,3)38-23-26-48-47(32-38)46-25-24-45(35-49(46)61(48)50-33-39(27-28-57-50)53(4,5)6)62-44-22-18-21-42(34-44)59-36-60(58-51(59)56(13,14)37-19-16-15-17-20-37)43-30-40(54(7,8)9)29-41(31-43)55(10,11)12;/h15-33H,1-14H3;/q-2;. The van der Waals surface area contributed by atoms with Gasteiger partial charge in [0.2, 0.25) is 0 Å². The van der Waals surface area contributed by atoms with Crippen molar-refractivity contribution in [3.05, 3.63) is 167 Å². The Morgan fingerprint density at radius 3 is 1.79 bits per heavy atom. The van der Waals surface area contributed by atoms with Crippen LogP contribution < -0.4 is 9.42 Å². The summed E-state index contributed by atoms with van der Waals surface area (Å²) in [6.07, 6.45) is 5.56. The van der Waals surface area contributed by atoms with E-state index in [1.807, 2.05) is 39.7 Å². The van der Waals surface area contributed by atoms with Crippen molar-refractivity contribution >= 4 is 21.8 Å². The number of hydrogen-bond donors (Lipinski definition) is 0. The smallest absolute Gasteiger partial charge is 0.271 e. The first kappa shape index (κ1) is 45.7. The van der Waals surface area contributed by atoms with Crippen LogP contribution in [0.1, 0.15) is 131 Å². The van der Waals surface area contributed by atoms with Gasteiger partial charge in [-0.1, -0.05) is 169 Å². The molecule has 0 fully saturated rings. The van der Waals surface area contributed by atoms with E-state index in [1.54, 1.807) is 0 Å². The summed E-state index contributed by atoms with van der Waals surface area (Å²) in [6, 6.07) is 45.8. The first-order valence-electron chi connectivity index (χ1n) is 21.8. The van der Waals surface area contributed by atoms with Crippen molar-refractivity contribution in [2.75, 3.05) is 0 Å². The molecule has 0 aliphatic carbocycles. The Kier molecular flexibility index (Phi) is 11.9. The van der Waals surface area contributed by atoms with E-state index in [4.69, 9.17) is 14.8 Å². The minimum absolute atomic E-state index is 0. The van der Waals surface area contributed by atoms with E-state index in [2.05, 4.69) is 205 Å². The van der Waals surface area contributed by atoms with Crippen LogP contribution in [-0.2, 0) is 48.1 Å². The van der Waals surface area contributed by atoms with E-state index in [1.165, 1.54) is 22.3 Å². The van der Waals surface area contributed by atoms with E-state index in [-0.39, 0.29) is 42.7 Å². The molecule has 0 atom stereocenters. The average molecular weight is 1020 g/mol. The van der Waals surface area contributed by atoms with Gasteiger partial charge in [-0.2, -0.15) is 22.9 Å². The zero-order valence-corrected chi connectivity index (χ0v) is 41.7. The van der Waals surface area contributed by atoms with Gasteiger partial charge in [-0.15, -0.1) is 34.8 Å². The molecule has 0 saturated heterocycles. The van der Waals surface area contributed by atoms with Crippen LogP contribution in [0, 0.1) is 18.5 Å². The van der Waals surface area contributed by atoms with Crippen LogP contribution in [0.15, 0.2) is 115 Å². The summed E-state index contributed by atoms with van der Waals surface area (Å²) < 4.78 is 12.9. The number of ether oxygens (including phenoxy) is 1. The largest absolute Gasteiger partial charge is 0.510 e. The van der Waals surface area contributed by atoms with Gasteiger partial charge in [0.15, 0.2) is 5.82 Å². The Morgan fingerprint density at radius 1 is 0.540 bits per heavy atom. The number of hydrogen-bond acceptors (Lipinski definition) is 3. The second-order valence-electron chi connectivity index (χ2n) is 21.5. The molecule has 5 aromatic carbocycles. The average Bonchev–Trinajstić information content (AvgIpc) is 3.80. The zero-order chi connectivity index (χ0) is 44.6. The predicted octanol–water partition coefficient (Wildman–Crippen LogP) is 13.3. The minimum atomic E-state index is -0.486. The summed E-state index contributed by atoms with van der Waals surface area (Å²) >= 11 is 0. The number of rotatable bonds is 7. The maximum Gasteiger partial charge on any atom is 0.271 e. The zero-order valence-electron chi connectivity index (χ0n) is 39.4. The van der Waals surface area contributed by atoms with Crippen LogP contribution in [0.5, 0.6) is 11.5 Å². The van der Waals surface area contributed by atoms with Gasteiger partial charge in [-0.3, -0.25) is 0 Å². The predicted molar refractivity (Wildman–Crippen MR) is 254 cm³/mol. The normalized spacial score (nSPS) is 12.8. The van der Waals surface area contributed by atoms with Crippen LogP contribution in [0.3, 0.4) is 0 Å². The topological polar surface area (TPSA) is 48.8 Å². The summed E-state index contributed by atoms with van der Waals surface area (Å²) in [5, 5.41) is 7.60. The molecule has 0 aliphatic rings. The molecule has 3 aromatic heterocycles. The van der Waals surface area contributed by atoms with E-state index in [9.17, 15) is 0 Å². The summed E-state index contributed by atoms with van der Waals surface area (Å²) in [6.45, 7) is 31.4. The molecule has 63 heavy (non-hydrogen) atoms. The fourth-order valence-electron chi connectivity index (χ4n) is 8.02. The van der Waals surface area contributed by atoms with Gasteiger partial charge in [0.05, 0.1) is 5.69 Å². The van der Waals surface area contributed by atoms with Gasteiger partial charge in [0.1, 0.15) is 5.82 Å². The first-order chi connectivity index (χ1) is 29.0. The van der Waals surface area contributed by atoms with Gasteiger partial charge in [0, 0.05) is 49.7 Å². The van der Waals surface area contributed by atoms with Crippen LogP contribution in [-0.4, -0.2) is 19.2 Å². The molecular weight excluding hydrogens is 954 g/mol. The number of aromatic nitrogens is 5. The third-order valence-corrected chi connectivity index (χ3v) is 12.1. The van der Waals surface area contributed by atoms with Crippen molar-refractivity contribution < 1.29 is 30.5 Å². The van der Waals surface area contributed by atoms with Gasteiger partial charge in [-0.25, -0.2) is 4.98 Å². The van der Waals surface area contributed by atoms with Crippen LogP contribution in [0.4, 0.5) is 0 Å². The Bertz CT molecular complexity index is 2910. The molecule has 0 saturated carbocycles. The van der Waals surface area contributed by atoms with Crippen molar-refractivity contribution in [2.45, 2.75) is 124 Å². The van der Waals surface area contributed by atoms with E-state index in [0.29, 0.717) is 11.5 Å². The van der Waals surface area contributed by atoms with Crippen LogP contribution in [0.2, 0.25) is 0 Å². The Balaban J connectivity index is 0.00000595. The minimum Gasteiger partial charge on any atom is -0.510 e. The molecule has 0 N–H and O–H groups in total. The number of nitrogens with zero attached hydrogens (tertiary/aromatic N) is 5. The molecule has 3 heterocycles. The molecular formula is C56H61N5OPt-2. The molecule has 0 aliphatic heterocycles. The third-order valence-electron chi connectivity index (χ3n) is 12.1. The fraction of sp³-hybridized carbons (Fsp3) is 0.339. The molecule has 8 aromatic rings. The molecule has 0 bridgehead atoms. The molecule has 7 heteroatoms. The maximum absolute atomic E-state index is 6.70. The number of benzene rings is 5. The van der Waals surface area contributed by atoms with Crippen LogP contribution >= 0.6 is 0 Å². The van der Waals surface area contributed by atoms with E-state index >= 15 is 0 Å². The van der Waals surface area contributed by atoms with Gasteiger partial charge >= 0.3 is 0 Å². The van der Waals surface area contributed by atoms with E-state index in [0.717, 1.165) is 50.4 Å². The molecule has 328 valence electrons. The second-order valence-corrected chi connectivity index (χ2v) is 21.5. The molecule has 0 spiro atoms.